The van der Waals surface area contributed by atoms with Crippen LogP contribution in [0.4, 0.5) is 0 Å². The molecule has 31 heavy (non-hydrogen) atoms. The molecule has 2 heterocycles. The van der Waals surface area contributed by atoms with Gasteiger partial charge in [-0.3, -0.25) is 14.8 Å². The van der Waals surface area contributed by atoms with Gasteiger partial charge in [0.05, 0.1) is 18.0 Å². The van der Waals surface area contributed by atoms with E-state index in [-0.39, 0.29) is 24.1 Å². The van der Waals surface area contributed by atoms with Crippen LogP contribution >= 0.6 is 11.6 Å². The molecule has 0 aliphatic carbocycles. The minimum atomic E-state index is -0.618. The number of hydrogen-bond acceptors (Lipinski definition) is 5. The van der Waals surface area contributed by atoms with Crippen LogP contribution in [0.25, 0.3) is 0 Å². The second-order valence-electron chi connectivity index (χ2n) is 8.25. The molecule has 0 spiro atoms. The number of nitrogens with zero attached hydrogens (tertiary/aromatic N) is 1. The average Bonchev–Trinajstić information content (AvgIpc) is 2.98. The van der Waals surface area contributed by atoms with E-state index in [4.69, 9.17) is 26.3 Å². The first-order valence-corrected chi connectivity index (χ1v) is 10.6. The molecule has 0 saturated carbocycles. The van der Waals surface area contributed by atoms with Crippen LogP contribution in [0.5, 0.6) is 5.75 Å². The molecule has 0 radical (unpaired) electrons. The van der Waals surface area contributed by atoms with Crippen molar-refractivity contribution in [2.75, 3.05) is 19.8 Å². The predicted molar refractivity (Wildman–Crippen MR) is 114 cm³/mol. The number of hydrogen-bond donors (Lipinski definition) is 2. The Morgan fingerprint density at radius 1 is 1.16 bits per heavy atom. The third-order valence-corrected chi connectivity index (χ3v) is 6.42. The second-order valence-corrected chi connectivity index (χ2v) is 8.68. The normalized spacial score (nSPS) is 20.2. The van der Waals surface area contributed by atoms with Crippen molar-refractivity contribution in [2.45, 2.75) is 32.4 Å². The lowest BCUT2D eigenvalue weighted by Gasteiger charge is -2.39. The summed E-state index contributed by atoms with van der Waals surface area (Å²) in [5, 5.41) is 9.56. The van der Waals surface area contributed by atoms with Gasteiger partial charge in [0.1, 0.15) is 12.4 Å². The minimum absolute atomic E-state index is 0.0596. The summed E-state index contributed by atoms with van der Waals surface area (Å²) in [6.07, 6.45) is 1.33. The summed E-state index contributed by atoms with van der Waals surface area (Å²) in [7, 11) is 0. The lowest BCUT2D eigenvalue weighted by molar-refractivity contribution is -0.150. The third-order valence-electron chi connectivity index (χ3n) is 6.17. The van der Waals surface area contributed by atoms with Crippen LogP contribution in [0.1, 0.15) is 47.3 Å². The molecular weight excluding hydrogens is 420 g/mol. The van der Waals surface area contributed by atoms with Gasteiger partial charge in [-0.2, -0.15) is 0 Å². The summed E-state index contributed by atoms with van der Waals surface area (Å²) in [5.41, 5.74) is 3.13. The fraction of sp³-hybridized carbons (Fsp3) is 0.391. The molecule has 1 saturated heterocycles. The van der Waals surface area contributed by atoms with Crippen molar-refractivity contribution in [3.63, 3.8) is 0 Å². The van der Waals surface area contributed by atoms with Crippen molar-refractivity contribution in [1.29, 1.82) is 0 Å². The van der Waals surface area contributed by atoms with E-state index < -0.39 is 11.3 Å². The first-order valence-electron chi connectivity index (χ1n) is 10.3. The molecule has 2 N–H and O–H groups in total. The summed E-state index contributed by atoms with van der Waals surface area (Å²) in [6.45, 7) is 3.71. The number of nitrogens with one attached hydrogen (secondary N) is 1. The minimum Gasteiger partial charge on any atom is -0.491 e. The standard InChI is InChI=1S/C23H25ClN2O5/c1-23(8-10-30-11-9-23)22(28)26-13-17-3-2-16(21(27)25-29)12-20(17)31-14-19(26)15-4-6-18(24)7-5-15/h2-7,12,19,29H,8-11,13-14H2,1H3,(H,25,27)/t19-/m1/s1. The first-order chi connectivity index (χ1) is 14.9. The number of carbonyl (C=O) groups excluding carboxylic acids is 2. The monoisotopic (exact) mass is 444 g/mol. The molecule has 2 aliphatic rings. The van der Waals surface area contributed by atoms with Gasteiger partial charge >= 0.3 is 0 Å². The average molecular weight is 445 g/mol. The Kier molecular flexibility index (Phi) is 6.18. The van der Waals surface area contributed by atoms with Crippen LogP contribution in [0.15, 0.2) is 42.5 Å². The van der Waals surface area contributed by atoms with E-state index >= 15 is 0 Å². The molecule has 8 heteroatoms. The third kappa shape index (κ3) is 4.39. The molecule has 164 valence electrons. The molecule has 7 nitrogen and oxygen atoms in total. The van der Waals surface area contributed by atoms with Gasteiger partial charge in [-0.05, 0) is 42.7 Å². The van der Waals surface area contributed by atoms with Gasteiger partial charge in [0, 0.05) is 29.4 Å². The van der Waals surface area contributed by atoms with Crippen molar-refractivity contribution in [3.05, 3.63) is 64.2 Å². The fourth-order valence-corrected chi connectivity index (χ4v) is 4.26. The van der Waals surface area contributed by atoms with Crippen LogP contribution in [0.2, 0.25) is 5.02 Å². The van der Waals surface area contributed by atoms with E-state index in [1.165, 1.54) is 0 Å². The molecule has 0 bridgehead atoms. The van der Waals surface area contributed by atoms with Gasteiger partial charge in [-0.25, -0.2) is 5.48 Å². The summed E-state index contributed by atoms with van der Waals surface area (Å²) in [5.74, 6) is -0.0376. The zero-order valence-electron chi connectivity index (χ0n) is 17.3. The number of rotatable bonds is 3. The van der Waals surface area contributed by atoms with E-state index in [1.807, 2.05) is 24.0 Å². The molecule has 0 aromatic heterocycles. The Hall–Kier alpha value is -2.61. The fourth-order valence-electron chi connectivity index (χ4n) is 4.13. The Bertz CT molecular complexity index is 972. The number of fused-ring (bicyclic) bond motifs is 1. The summed E-state index contributed by atoms with van der Waals surface area (Å²) in [6, 6.07) is 12.1. The maximum atomic E-state index is 13.8. The quantitative estimate of drug-likeness (QED) is 0.556. The van der Waals surface area contributed by atoms with Crippen LogP contribution in [-0.2, 0) is 16.1 Å². The van der Waals surface area contributed by atoms with Gasteiger partial charge in [0.15, 0.2) is 0 Å². The number of ether oxygens (including phenoxy) is 2. The van der Waals surface area contributed by atoms with E-state index in [9.17, 15) is 9.59 Å². The Morgan fingerprint density at radius 3 is 2.55 bits per heavy atom. The molecule has 0 unspecified atom stereocenters. The van der Waals surface area contributed by atoms with Crippen molar-refractivity contribution in [2.24, 2.45) is 5.41 Å². The lowest BCUT2D eigenvalue weighted by Crippen LogP contribution is -2.47. The molecule has 1 atom stereocenters. The van der Waals surface area contributed by atoms with Crippen molar-refractivity contribution in [1.82, 2.24) is 10.4 Å². The molecule has 2 aromatic rings. The Morgan fingerprint density at radius 2 is 1.87 bits per heavy atom. The van der Waals surface area contributed by atoms with Crippen LogP contribution in [0.3, 0.4) is 0 Å². The van der Waals surface area contributed by atoms with Crippen LogP contribution in [-0.4, -0.2) is 41.7 Å². The van der Waals surface area contributed by atoms with Crippen molar-refractivity contribution in [3.8, 4) is 5.75 Å². The largest absolute Gasteiger partial charge is 0.491 e. The Balaban J connectivity index is 1.72. The molecular formula is C23H25ClN2O5. The summed E-state index contributed by atoms with van der Waals surface area (Å²) in [4.78, 5) is 27.5. The Labute approximate surface area is 185 Å². The van der Waals surface area contributed by atoms with Crippen molar-refractivity contribution >= 4 is 23.4 Å². The zero-order valence-corrected chi connectivity index (χ0v) is 18.0. The van der Waals surface area contributed by atoms with E-state index in [0.29, 0.717) is 43.4 Å². The molecule has 4 rings (SSSR count). The molecule has 2 aromatic carbocycles. The maximum absolute atomic E-state index is 13.8. The predicted octanol–water partition coefficient (Wildman–Crippen LogP) is 3.74. The molecule has 2 amide bonds. The van der Waals surface area contributed by atoms with E-state index in [0.717, 1.165) is 11.1 Å². The molecule has 1 fully saturated rings. The smallest absolute Gasteiger partial charge is 0.274 e. The number of amides is 2. The van der Waals surface area contributed by atoms with E-state index in [2.05, 4.69) is 0 Å². The number of carbonyl (C=O) groups is 2. The number of benzene rings is 2. The van der Waals surface area contributed by atoms with Crippen LogP contribution in [0, 0.1) is 5.41 Å². The van der Waals surface area contributed by atoms with Gasteiger partial charge in [-0.15, -0.1) is 0 Å². The number of halogens is 1. The highest BCUT2D eigenvalue weighted by Crippen LogP contribution is 2.39. The highest BCUT2D eigenvalue weighted by molar-refractivity contribution is 6.30. The van der Waals surface area contributed by atoms with Gasteiger partial charge < -0.3 is 14.4 Å². The highest BCUT2D eigenvalue weighted by atomic mass is 35.5. The highest BCUT2D eigenvalue weighted by Gasteiger charge is 2.42. The van der Waals surface area contributed by atoms with Gasteiger partial charge in [-0.1, -0.05) is 36.7 Å². The first kappa shape index (κ1) is 21.6. The summed E-state index contributed by atoms with van der Waals surface area (Å²) >= 11 is 6.08. The summed E-state index contributed by atoms with van der Waals surface area (Å²) < 4.78 is 11.6. The lowest BCUT2D eigenvalue weighted by atomic mass is 9.80. The maximum Gasteiger partial charge on any atom is 0.274 e. The van der Waals surface area contributed by atoms with Gasteiger partial charge in [0.2, 0.25) is 5.91 Å². The topological polar surface area (TPSA) is 88.1 Å². The van der Waals surface area contributed by atoms with Crippen molar-refractivity contribution < 1.29 is 24.3 Å². The zero-order chi connectivity index (χ0) is 22.0. The number of hydroxylamine groups is 1. The molecule has 2 aliphatic heterocycles. The van der Waals surface area contributed by atoms with E-state index in [1.54, 1.807) is 35.8 Å². The van der Waals surface area contributed by atoms with Gasteiger partial charge in [0.25, 0.3) is 5.91 Å². The SMILES string of the molecule is CC1(C(=O)N2Cc3ccc(C(=O)NO)cc3OC[C@@H]2c2ccc(Cl)cc2)CCOCC1. The van der Waals surface area contributed by atoms with Crippen LogP contribution < -0.4 is 10.2 Å². The second kappa shape index (κ2) is 8.86.